The molecule has 0 aromatic rings. The molecule has 0 fully saturated rings. The van der Waals surface area contributed by atoms with Crippen LogP contribution < -0.4 is 5.09 Å². The van der Waals surface area contributed by atoms with Crippen molar-refractivity contribution in [3.8, 4) is 0 Å². The zero-order valence-corrected chi connectivity index (χ0v) is 6.21. The minimum atomic E-state index is -3.61. The standard InChI is InChI=1S/C3H8NO5P/c1-9-10(7,8)4-2-3(5)6/h4,7-8H,2H2,1H3/p+1. The van der Waals surface area contributed by atoms with Crippen LogP contribution in [0.15, 0.2) is 0 Å². The number of carboxylic acids is 1. The fourth-order valence-electron chi connectivity index (χ4n) is 0.235. The van der Waals surface area contributed by atoms with Gasteiger partial charge in [0.15, 0.2) is 0 Å². The maximum absolute atomic E-state index is 9.84. The minimum Gasteiger partial charge on any atom is -0.480 e. The molecule has 0 saturated heterocycles. The Morgan fingerprint density at radius 3 is 2.50 bits per heavy atom. The summed E-state index contributed by atoms with van der Waals surface area (Å²) in [5, 5.41) is 9.96. The fraction of sp³-hybridized carbons (Fsp3) is 0.667. The van der Waals surface area contributed by atoms with Gasteiger partial charge in [-0.3, -0.25) is 4.79 Å². The largest absolute Gasteiger partial charge is 0.496 e. The highest BCUT2D eigenvalue weighted by Crippen LogP contribution is 2.44. The number of rotatable bonds is 4. The van der Waals surface area contributed by atoms with Crippen LogP contribution in [0.1, 0.15) is 0 Å². The zero-order valence-electron chi connectivity index (χ0n) is 5.31. The number of hydrogen-bond donors (Lipinski definition) is 4. The summed E-state index contributed by atoms with van der Waals surface area (Å²) in [5.41, 5.74) is 0. The van der Waals surface area contributed by atoms with E-state index in [9.17, 15) is 4.79 Å². The third kappa shape index (κ3) is 4.60. The van der Waals surface area contributed by atoms with Crippen molar-refractivity contribution in [2.45, 2.75) is 0 Å². The van der Waals surface area contributed by atoms with E-state index in [-0.39, 0.29) is 0 Å². The summed E-state index contributed by atoms with van der Waals surface area (Å²) in [5.74, 6) is -1.18. The van der Waals surface area contributed by atoms with Crippen LogP contribution in [0.4, 0.5) is 0 Å². The molecule has 0 aliphatic carbocycles. The molecule has 0 unspecified atom stereocenters. The maximum Gasteiger partial charge on any atom is 0.496 e. The van der Waals surface area contributed by atoms with Crippen molar-refractivity contribution in [2.75, 3.05) is 13.7 Å². The van der Waals surface area contributed by atoms with Gasteiger partial charge in [-0.25, -0.2) is 0 Å². The van der Waals surface area contributed by atoms with E-state index < -0.39 is 20.6 Å². The van der Waals surface area contributed by atoms with Gasteiger partial charge in [0.2, 0.25) is 0 Å². The molecule has 0 radical (unpaired) electrons. The van der Waals surface area contributed by atoms with E-state index in [1.54, 1.807) is 0 Å². The van der Waals surface area contributed by atoms with Crippen molar-refractivity contribution in [3.63, 3.8) is 0 Å². The number of carboxylic acid groups (broad SMARTS) is 1. The lowest BCUT2D eigenvalue weighted by molar-refractivity contribution is -0.135. The lowest BCUT2D eigenvalue weighted by Crippen LogP contribution is -2.23. The van der Waals surface area contributed by atoms with Gasteiger partial charge in [-0.15, -0.1) is 5.09 Å². The third-order valence-electron chi connectivity index (χ3n) is 0.691. The summed E-state index contributed by atoms with van der Waals surface area (Å²) < 4.78 is 4.14. The Morgan fingerprint density at radius 1 is 1.70 bits per heavy atom. The van der Waals surface area contributed by atoms with Gasteiger partial charge in [-0.05, 0) is 0 Å². The average Bonchev–Trinajstić information content (AvgIpc) is 1.85. The number of hydrogen-bond acceptors (Lipinski definition) is 5. The second-order valence-electron chi connectivity index (χ2n) is 1.46. The maximum atomic E-state index is 9.84. The van der Waals surface area contributed by atoms with Gasteiger partial charge in [0.05, 0.1) is 7.11 Å². The van der Waals surface area contributed by atoms with E-state index >= 15 is 0 Å². The Balaban J connectivity index is 3.56. The molecule has 0 aromatic carbocycles. The van der Waals surface area contributed by atoms with Crippen molar-refractivity contribution in [3.05, 3.63) is 0 Å². The van der Waals surface area contributed by atoms with Crippen LogP contribution in [0.2, 0.25) is 0 Å². The highest BCUT2D eigenvalue weighted by atomic mass is 31.2. The molecule has 0 spiro atoms. The van der Waals surface area contributed by atoms with Crippen LogP contribution in [0.5, 0.6) is 0 Å². The topological polar surface area (TPSA) is 99.0 Å². The summed E-state index contributed by atoms with van der Waals surface area (Å²) in [6.45, 7) is -0.533. The Bertz CT molecular complexity index is 126. The van der Waals surface area contributed by atoms with Crippen LogP contribution >= 0.6 is 8.09 Å². The van der Waals surface area contributed by atoms with E-state index in [1.165, 1.54) is 0 Å². The van der Waals surface area contributed by atoms with Gasteiger partial charge < -0.3 is 5.11 Å². The summed E-state index contributed by atoms with van der Waals surface area (Å²) in [6.07, 6.45) is 0. The summed E-state index contributed by atoms with van der Waals surface area (Å²) in [7, 11) is -2.54. The Labute approximate surface area is 58.1 Å². The molecule has 6 nitrogen and oxygen atoms in total. The molecule has 0 aromatic heterocycles. The van der Waals surface area contributed by atoms with Crippen molar-refractivity contribution in [1.82, 2.24) is 5.09 Å². The van der Waals surface area contributed by atoms with E-state index in [2.05, 4.69) is 4.52 Å². The number of carbonyl (C=O) groups is 1. The zero-order chi connectivity index (χ0) is 8.20. The molecule has 0 amide bonds. The monoisotopic (exact) mass is 170 g/mol. The summed E-state index contributed by atoms with van der Waals surface area (Å²) in [4.78, 5) is 27.1. The normalized spacial score (nSPS) is 11.5. The van der Waals surface area contributed by atoms with Gasteiger partial charge >= 0.3 is 14.1 Å². The molecule has 0 bridgehead atoms. The van der Waals surface area contributed by atoms with Gasteiger partial charge in [-0.2, -0.15) is 14.3 Å². The number of aliphatic carboxylic acids is 1. The Hall–Kier alpha value is -0.260. The highest BCUT2D eigenvalue weighted by molar-refractivity contribution is 7.57. The molecule has 0 aliphatic heterocycles. The first kappa shape index (κ1) is 9.74. The fourth-order valence-corrected chi connectivity index (χ4v) is 0.705. The SMILES string of the molecule is CO[P+](O)(O)NCC(=O)O. The molecule has 10 heavy (non-hydrogen) atoms. The van der Waals surface area contributed by atoms with Crippen molar-refractivity contribution in [2.24, 2.45) is 0 Å². The summed E-state index contributed by atoms with van der Waals surface area (Å²) >= 11 is 0. The first-order chi connectivity index (χ1) is 4.48. The molecular formula is C3H9NO5P+. The van der Waals surface area contributed by atoms with E-state index in [0.717, 1.165) is 7.11 Å². The molecule has 7 heteroatoms. The molecule has 0 atom stereocenters. The van der Waals surface area contributed by atoms with E-state index in [4.69, 9.17) is 14.9 Å². The average molecular weight is 170 g/mol. The molecule has 0 aliphatic rings. The number of nitrogens with one attached hydrogen (secondary N) is 1. The lowest BCUT2D eigenvalue weighted by Gasteiger charge is -2.05. The van der Waals surface area contributed by atoms with Crippen LogP contribution in [0.25, 0.3) is 0 Å². The first-order valence-electron chi connectivity index (χ1n) is 2.35. The molecule has 60 valence electrons. The van der Waals surface area contributed by atoms with E-state index in [0.29, 0.717) is 0 Å². The Kier molecular flexibility index (Phi) is 3.70. The van der Waals surface area contributed by atoms with Gasteiger partial charge in [0, 0.05) is 0 Å². The van der Waals surface area contributed by atoms with E-state index in [1.807, 2.05) is 5.09 Å². The molecule has 0 saturated carbocycles. The van der Waals surface area contributed by atoms with Crippen molar-refractivity contribution in [1.29, 1.82) is 0 Å². The predicted molar refractivity (Wildman–Crippen MR) is 34.0 cm³/mol. The van der Waals surface area contributed by atoms with Crippen LogP contribution in [0.3, 0.4) is 0 Å². The molecular weight excluding hydrogens is 161 g/mol. The highest BCUT2D eigenvalue weighted by Gasteiger charge is 2.34. The first-order valence-corrected chi connectivity index (χ1v) is 3.96. The van der Waals surface area contributed by atoms with Gasteiger partial charge in [0.1, 0.15) is 6.54 Å². The van der Waals surface area contributed by atoms with Crippen LogP contribution in [-0.2, 0) is 9.32 Å². The molecule has 0 heterocycles. The lowest BCUT2D eigenvalue weighted by atomic mass is 10.7. The second-order valence-corrected chi connectivity index (χ2v) is 3.22. The predicted octanol–water partition coefficient (Wildman–Crippen LogP) is -1.03. The quantitative estimate of drug-likeness (QED) is 0.402. The minimum absolute atomic E-state index is 0.533. The van der Waals surface area contributed by atoms with Gasteiger partial charge in [-0.1, -0.05) is 0 Å². The van der Waals surface area contributed by atoms with Crippen LogP contribution in [-0.4, -0.2) is 34.5 Å². The second kappa shape index (κ2) is 3.80. The molecule has 0 rings (SSSR count). The third-order valence-corrected chi connectivity index (χ3v) is 1.77. The van der Waals surface area contributed by atoms with Crippen molar-refractivity contribution >= 4 is 14.1 Å². The molecule has 4 N–H and O–H groups in total. The Morgan fingerprint density at radius 2 is 2.20 bits per heavy atom. The smallest absolute Gasteiger partial charge is 0.480 e. The van der Waals surface area contributed by atoms with Crippen molar-refractivity contribution < 1.29 is 24.2 Å². The van der Waals surface area contributed by atoms with Crippen LogP contribution in [0, 0.1) is 0 Å². The summed E-state index contributed by atoms with van der Waals surface area (Å²) in [6, 6.07) is 0. The van der Waals surface area contributed by atoms with Gasteiger partial charge in [0.25, 0.3) is 0 Å².